The molecule has 146 valence electrons. The third-order valence-corrected chi connectivity index (χ3v) is 5.79. The Morgan fingerprint density at radius 2 is 1.89 bits per heavy atom. The van der Waals surface area contributed by atoms with Crippen molar-refractivity contribution in [2.45, 2.75) is 23.9 Å². The van der Waals surface area contributed by atoms with E-state index in [0.29, 0.717) is 21.8 Å². The molecule has 1 heterocycles. The number of halogens is 1. The molecule has 2 aromatic carbocycles. The molecule has 0 aliphatic rings. The van der Waals surface area contributed by atoms with Gasteiger partial charge in [0.15, 0.2) is 11.0 Å². The number of benzene rings is 2. The molecular weight excluding hydrogens is 398 g/mol. The van der Waals surface area contributed by atoms with Gasteiger partial charge in [0.05, 0.1) is 12.1 Å². The average Bonchev–Trinajstić information content (AvgIpc) is 3.05. The zero-order valence-corrected chi connectivity index (χ0v) is 17.3. The molecule has 0 radical (unpaired) electrons. The minimum atomic E-state index is -0.536. The Morgan fingerprint density at radius 1 is 1.18 bits per heavy atom. The zero-order valence-electron chi connectivity index (χ0n) is 15.8. The number of carbonyl (C=O) groups is 1. The number of thioether (sulfide) groups is 1. The molecule has 0 aliphatic carbocycles. The van der Waals surface area contributed by atoms with E-state index in [1.54, 1.807) is 16.7 Å². The summed E-state index contributed by atoms with van der Waals surface area (Å²) in [7, 11) is 3.22. The van der Waals surface area contributed by atoms with Gasteiger partial charge in [-0.05, 0) is 30.2 Å². The topological polar surface area (TPSA) is 66.2 Å². The van der Waals surface area contributed by atoms with Gasteiger partial charge in [0.25, 0.3) is 0 Å². The number of hydrogen-bond acceptors (Lipinski definition) is 6. The second-order valence-corrected chi connectivity index (χ2v) is 7.53. The lowest BCUT2D eigenvalue weighted by molar-refractivity contribution is -0.140. The van der Waals surface area contributed by atoms with Gasteiger partial charge in [-0.3, -0.25) is 4.79 Å². The van der Waals surface area contributed by atoms with Crippen LogP contribution >= 0.6 is 23.4 Å². The van der Waals surface area contributed by atoms with E-state index in [9.17, 15) is 4.79 Å². The molecule has 1 aromatic heterocycles. The molecule has 6 nitrogen and oxygen atoms in total. The van der Waals surface area contributed by atoms with Crippen LogP contribution in [0.5, 0.6) is 5.75 Å². The van der Waals surface area contributed by atoms with Crippen LogP contribution in [-0.4, -0.2) is 27.8 Å². The molecule has 0 saturated heterocycles. The van der Waals surface area contributed by atoms with Crippen LogP contribution in [0.4, 0.5) is 0 Å². The van der Waals surface area contributed by atoms with Crippen molar-refractivity contribution in [3.05, 3.63) is 70.5 Å². The molecular formula is C20H20ClN3O3S. The van der Waals surface area contributed by atoms with E-state index in [-0.39, 0.29) is 12.6 Å². The number of para-hydroxylation sites is 1. The van der Waals surface area contributed by atoms with Gasteiger partial charge in [-0.2, -0.15) is 0 Å². The molecule has 3 aromatic rings. The summed E-state index contributed by atoms with van der Waals surface area (Å²) in [5, 5.41) is 8.99. The summed E-state index contributed by atoms with van der Waals surface area (Å²) in [5.41, 5.74) is 1.89. The van der Waals surface area contributed by atoms with Crippen LogP contribution in [0.3, 0.4) is 0 Å². The van der Waals surface area contributed by atoms with Crippen molar-refractivity contribution in [3.63, 3.8) is 0 Å². The second kappa shape index (κ2) is 9.12. The van der Waals surface area contributed by atoms with Crippen molar-refractivity contribution in [3.8, 4) is 5.75 Å². The highest BCUT2D eigenvalue weighted by atomic mass is 35.5. The van der Waals surface area contributed by atoms with E-state index in [0.717, 1.165) is 11.1 Å². The number of rotatable bonds is 7. The largest absolute Gasteiger partial charge is 0.484 e. The van der Waals surface area contributed by atoms with E-state index in [4.69, 9.17) is 21.1 Å². The molecule has 0 fully saturated rings. The molecule has 0 amide bonds. The van der Waals surface area contributed by atoms with Crippen molar-refractivity contribution in [1.29, 1.82) is 0 Å². The maximum Gasteiger partial charge on any atom is 0.323 e. The van der Waals surface area contributed by atoms with Gasteiger partial charge in [-0.15, -0.1) is 10.2 Å². The normalized spacial score (nSPS) is 11.9. The van der Waals surface area contributed by atoms with E-state index in [1.165, 1.54) is 18.9 Å². The number of carbonyl (C=O) groups excluding carboxylic acids is 1. The summed E-state index contributed by atoms with van der Waals surface area (Å²) in [6.07, 6.45) is 0. The first-order chi connectivity index (χ1) is 13.5. The van der Waals surface area contributed by atoms with Gasteiger partial charge in [-0.1, -0.05) is 59.8 Å². The molecule has 0 saturated carbocycles. The SMILES string of the molecule is COC(=O)[C@H](Sc1nnc(COc2ccccc2Cl)n1C)c1ccccc1C. The molecule has 0 bridgehead atoms. The summed E-state index contributed by atoms with van der Waals surface area (Å²) in [4.78, 5) is 12.4. The zero-order chi connectivity index (χ0) is 20.1. The Kier molecular flexibility index (Phi) is 6.59. The molecule has 1 atom stereocenters. The van der Waals surface area contributed by atoms with Crippen molar-refractivity contribution < 1.29 is 14.3 Å². The summed E-state index contributed by atoms with van der Waals surface area (Å²) in [6, 6.07) is 15.0. The van der Waals surface area contributed by atoms with Crippen molar-refractivity contribution in [2.24, 2.45) is 7.05 Å². The van der Waals surface area contributed by atoms with Crippen LogP contribution in [0, 0.1) is 6.92 Å². The highest BCUT2D eigenvalue weighted by Gasteiger charge is 2.27. The van der Waals surface area contributed by atoms with Gasteiger partial charge in [0.2, 0.25) is 0 Å². The monoisotopic (exact) mass is 417 g/mol. The number of esters is 1. The van der Waals surface area contributed by atoms with Gasteiger partial charge >= 0.3 is 5.97 Å². The van der Waals surface area contributed by atoms with Crippen molar-refractivity contribution in [2.75, 3.05) is 7.11 Å². The maximum atomic E-state index is 12.4. The fraction of sp³-hybridized carbons (Fsp3) is 0.250. The van der Waals surface area contributed by atoms with E-state index in [1.807, 2.05) is 50.4 Å². The number of nitrogens with zero attached hydrogens (tertiary/aromatic N) is 3. The average molecular weight is 418 g/mol. The maximum absolute atomic E-state index is 12.4. The standard InChI is InChI=1S/C20H20ClN3O3S/c1-13-8-4-5-9-14(13)18(19(25)26-3)28-20-23-22-17(24(20)2)12-27-16-11-7-6-10-15(16)21/h4-11,18H,12H2,1-3H3/t18-/m1/s1. The molecule has 8 heteroatoms. The summed E-state index contributed by atoms with van der Waals surface area (Å²) in [5.74, 6) is 0.862. The van der Waals surface area contributed by atoms with Crippen LogP contribution in [0.25, 0.3) is 0 Å². The van der Waals surface area contributed by atoms with Crippen LogP contribution in [0.2, 0.25) is 5.02 Å². The molecule has 0 aliphatic heterocycles. The first-order valence-corrected chi connectivity index (χ1v) is 9.82. The molecule has 0 unspecified atom stereocenters. The third-order valence-electron chi connectivity index (χ3n) is 4.23. The number of methoxy groups -OCH3 is 1. The summed E-state index contributed by atoms with van der Waals surface area (Å²) >= 11 is 7.41. The molecule has 3 rings (SSSR count). The fourth-order valence-electron chi connectivity index (χ4n) is 2.61. The summed E-state index contributed by atoms with van der Waals surface area (Å²) < 4.78 is 12.5. The first-order valence-electron chi connectivity index (χ1n) is 8.57. The number of aromatic nitrogens is 3. The predicted molar refractivity (Wildman–Crippen MR) is 109 cm³/mol. The third kappa shape index (κ3) is 4.48. The Labute approximate surface area is 172 Å². The lowest BCUT2D eigenvalue weighted by Gasteiger charge is -2.16. The number of hydrogen-bond donors (Lipinski definition) is 0. The van der Waals surface area contributed by atoms with Crippen molar-refractivity contribution in [1.82, 2.24) is 14.8 Å². The van der Waals surface area contributed by atoms with E-state index in [2.05, 4.69) is 10.2 Å². The predicted octanol–water partition coefficient (Wildman–Crippen LogP) is 4.36. The van der Waals surface area contributed by atoms with Crippen LogP contribution in [0.15, 0.2) is 53.7 Å². The van der Waals surface area contributed by atoms with Crippen molar-refractivity contribution >= 4 is 29.3 Å². The lowest BCUT2D eigenvalue weighted by Crippen LogP contribution is -2.13. The summed E-state index contributed by atoms with van der Waals surface area (Å²) in [6.45, 7) is 2.17. The second-order valence-electron chi connectivity index (χ2n) is 6.05. The minimum Gasteiger partial charge on any atom is -0.484 e. The molecule has 0 spiro atoms. The van der Waals surface area contributed by atoms with Gasteiger partial charge < -0.3 is 14.0 Å². The quantitative estimate of drug-likeness (QED) is 0.420. The van der Waals surface area contributed by atoms with Gasteiger partial charge in [0.1, 0.15) is 17.6 Å². The highest BCUT2D eigenvalue weighted by molar-refractivity contribution is 8.00. The van der Waals surface area contributed by atoms with Crippen LogP contribution in [-0.2, 0) is 23.2 Å². The lowest BCUT2D eigenvalue weighted by atomic mass is 10.1. The Morgan fingerprint density at radius 3 is 2.61 bits per heavy atom. The minimum absolute atomic E-state index is 0.209. The Bertz CT molecular complexity index is 977. The molecule has 28 heavy (non-hydrogen) atoms. The van der Waals surface area contributed by atoms with Gasteiger partial charge in [-0.25, -0.2) is 0 Å². The first kappa shape index (κ1) is 20.2. The van der Waals surface area contributed by atoms with Crippen LogP contribution < -0.4 is 4.74 Å². The number of ether oxygens (including phenoxy) is 2. The van der Waals surface area contributed by atoms with Crippen LogP contribution in [0.1, 0.15) is 22.2 Å². The number of aryl methyl sites for hydroxylation is 1. The Hall–Kier alpha value is -2.51. The highest BCUT2D eigenvalue weighted by Crippen LogP contribution is 2.36. The molecule has 0 N–H and O–H groups in total. The smallest absolute Gasteiger partial charge is 0.323 e. The Balaban J connectivity index is 1.79. The van der Waals surface area contributed by atoms with Gasteiger partial charge in [0, 0.05) is 7.05 Å². The fourth-order valence-corrected chi connectivity index (χ4v) is 3.95. The van der Waals surface area contributed by atoms with E-state index < -0.39 is 5.25 Å². The van der Waals surface area contributed by atoms with E-state index >= 15 is 0 Å².